The SMILES string of the molecule is CC(C)(C)CC(=O)N1CCC2(CC1)CC(=O)NCCC[C@H](NC1CCOCC1)C(=O)NCc1ccccc1CC(=O)N2. The summed E-state index contributed by atoms with van der Waals surface area (Å²) in [5.74, 6) is -0.259. The van der Waals surface area contributed by atoms with Gasteiger partial charge in [-0.05, 0) is 55.1 Å². The molecule has 0 aliphatic carbocycles. The average Bonchev–Trinajstić information content (AvgIpc) is 2.93. The molecule has 1 atom stereocenters. The van der Waals surface area contributed by atoms with Crippen LogP contribution in [0.15, 0.2) is 24.3 Å². The van der Waals surface area contributed by atoms with E-state index >= 15 is 0 Å². The normalized spacial score (nSPS) is 23.5. The highest BCUT2D eigenvalue weighted by Crippen LogP contribution is 2.29. The number of fused-ring (bicyclic) bond motifs is 1. The largest absolute Gasteiger partial charge is 0.381 e. The second kappa shape index (κ2) is 14.5. The fourth-order valence-electron chi connectivity index (χ4n) is 6.16. The molecule has 1 aromatic rings. The van der Waals surface area contributed by atoms with Crippen molar-refractivity contribution >= 4 is 23.6 Å². The summed E-state index contributed by atoms with van der Waals surface area (Å²) in [7, 11) is 0. The van der Waals surface area contributed by atoms with Crippen molar-refractivity contribution in [3.05, 3.63) is 35.4 Å². The van der Waals surface area contributed by atoms with Crippen LogP contribution in [0.2, 0.25) is 0 Å². The number of piperidine rings is 1. The summed E-state index contributed by atoms with van der Waals surface area (Å²) in [6.07, 6.45) is 4.78. The highest BCUT2D eigenvalue weighted by Gasteiger charge is 2.39. The molecule has 0 unspecified atom stereocenters. The zero-order chi connectivity index (χ0) is 30.2. The number of carbonyl (C=O) groups excluding carboxylic acids is 4. The van der Waals surface area contributed by atoms with E-state index in [1.54, 1.807) is 0 Å². The Morgan fingerprint density at radius 3 is 2.38 bits per heavy atom. The smallest absolute Gasteiger partial charge is 0.237 e. The van der Waals surface area contributed by atoms with Crippen LogP contribution in [0.4, 0.5) is 0 Å². The van der Waals surface area contributed by atoms with E-state index in [9.17, 15) is 19.2 Å². The van der Waals surface area contributed by atoms with Gasteiger partial charge in [-0.25, -0.2) is 0 Å². The van der Waals surface area contributed by atoms with Gasteiger partial charge in [0.05, 0.1) is 18.0 Å². The van der Waals surface area contributed by atoms with Gasteiger partial charge in [-0.3, -0.25) is 19.2 Å². The molecule has 232 valence electrons. The topological polar surface area (TPSA) is 129 Å². The lowest BCUT2D eigenvalue weighted by molar-refractivity contribution is -0.135. The van der Waals surface area contributed by atoms with Gasteiger partial charge in [-0.1, -0.05) is 45.0 Å². The Kier molecular flexibility index (Phi) is 11.0. The lowest BCUT2D eigenvalue weighted by Crippen LogP contribution is -2.58. The van der Waals surface area contributed by atoms with Crippen molar-refractivity contribution < 1.29 is 23.9 Å². The van der Waals surface area contributed by atoms with Gasteiger partial charge < -0.3 is 30.9 Å². The van der Waals surface area contributed by atoms with Gasteiger partial charge in [0.2, 0.25) is 23.6 Å². The van der Waals surface area contributed by atoms with Gasteiger partial charge in [0, 0.05) is 58.3 Å². The molecule has 3 aliphatic heterocycles. The molecule has 0 bridgehead atoms. The number of amides is 4. The first kappa shape index (κ1) is 31.9. The zero-order valence-corrected chi connectivity index (χ0v) is 25.6. The third-order valence-corrected chi connectivity index (χ3v) is 8.55. The van der Waals surface area contributed by atoms with Crippen LogP contribution in [0.3, 0.4) is 0 Å². The highest BCUT2D eigenvalue weighted by molar-refractivity contribution is 5.84. The van der Waals surface area contributed by atoms with E-state index in [0.29, 0.717) is 71.5 Å². The van der Waals surface area contributed by atoms with Crippen LogP contribution in [-0.4, -0.2) is 79.0 Å². The highest BCUT2D eigenvalue weighted by atomic mass is 16.5. The Bertz CT molecular complexity index is 1100. The molecule has 4 amide bonds. The van der Waals surface area contributed by atoms with E-state index in [-0.39, 0.29) is 54.0 Å². The number of likely N-dealkylation sites (tertiary alicyclic amines) is 1. The molecule has 2 saturated heterocycles. The maximum atomic E-state index is 13.4. The minimum Gasteiger partial charge on any atom is -0.381 e. The summed E-state index contributed by atoms with van der Waals surface area (Å²) in [4.78, 5) is 54.6. The standard InChI is InChI=1S/C32H49N5O5/c1-31(2,3)21-29(40)37-15-12-32(13-16-37)20-28(39)33-14-6-9-26(35-25-10-17-42-18-11-25)30(41)34-22-24-8-5-4-7-23(24)19-27(38)36-32/h4-5,7-8,25-26,35H,6,9-22H2,1-3H3,(H,33,39)(H,34,41)(H,36,38)/t26-/m0/s1. The summed E-state index contributed by atoms with van der Waals surface area (Å²) >= 11 is 0. The van der Waals surface area contributed by atoms with Crippen LogP contribution in [0.1, 0.15) is 83.3 Å². The minimum absolute atomic E-state index is 0.0779. The van der Waals surface area contributed by atoms with E-state index in [2.05, 4.69) is 42.0 Å². The third-order valence-electron chi connectivity index (χ3n) is 8.55. The number of nitrogens with one attached hydrogen (secondary N) is 4. The van der Waals surface area contributed by atoms with Crippen molar-refractivity contribution in [2.45, 2.75) is 103 Å². The summed E-state index contributed by atoms with van der Waals surface area (Å²) in [6, 6.07) is 7.49. The molecule has 4 N–H and O–H groups in total. The number of hydrogen-bond donors (Lipinski definition) is 4. The van der Waals surface area contributed by atoms with Gasteiger partial charge in [-0.2, -0.15) is 0 Å². The maximum absolute atomic E-state index is 13.4. The van der Waals surface area contributed by atoms with E-state index in [4.69, 9.17) is 4.74 Å². The summed E-state index contributed by atoms with van der Waals surface area (Å²) in [5.41, 5.74) is 0.919. The molecule has 2 fully saturated rings. The van der Waals surface area contributed by atoms with Gasteiger partial charge in [0.25, 0.3) is 0 Å². The fraction of sp³-hybridized carbons (Fsp3) is 0.688. The monoisotopic (exact) mass is 583 g/mol. The van der Waals surface area contributed by atoms with E-state index in [1.807, 2.05) is 29.2 Å². The summed E-state index contributed by atoms with van der Waals surface area (Å²) in [6.45, 7) is 9.31. The van der Waals surface area contributed by atoms with Gasteiger partial charge in [0.15, 0.2) is 0 Å². The van der Waals surface area contributed by atoms with Crippen LogP contribution >= 0.6 is 0 Å². The first-order chi connectivity index (χ1) is 20.0. The Balaban J connectivity index is 1.49. The molecule has 10 heteroatoms. The molecular formula is C32H49N5O5. The maximum Gasteiger partial charge on any atom is 0.237 e. The van der Waals surface area contributed by atoms with Crippen molar-refractivity contribution in [1.29, 1.82) is 0 Å². The van der Waals surface area contributed by atoms with Gasteiger partial charge >= 0.3 is 0 Å². The van der Waals surface area contributed by atoms with Crippen molar-refractivity contribution in [2.24, 2.45) is 5.41 Å². The molecule has 42 heavy (non-hydrogen) atoms. The first-order valence-electron chi connectivity index (χ1n) is 15.6. The van der Waals surface area contributed by atoms with Crippen molar-refractivity contribution in [3.8, 4) is 0 Å². The number of carbonyl (C=O) groups is 4. The third kappa shape index (κ3) is 9.52. The van der Waals surface area contributed by atoms with E-state index in [1.165, 1.54) is 0 Å². The Labute approximate surface area is 250 Å². The molecule has 0 radical (unpaired) electrons. The van der Waals surface area contributed by atoms with Gasteiger partial charge in [-0.15, -0.1) is 0 Å². The summed E-state index contributed by atoms with van der Waals surface area (Å²) in [5, 5.41) is 12.8. The van der Waals surface area contributed by atoms with Crippen LogP contribution < -0.4 is 21.3 Å². The molecule has 3 aliphatic rings. The number of rotatable bonds is 3. The Morgan fingerprint density at radius 2 is 1.69 bits per heavy atom. The second-order valence-corrected chi connectivity index (χ2v) is 13.4. The van der Waals surface area contributed by atoms with Crippen LogP contribution in [0.25, 0.3) is 0 Å². The summed E-state index contributed by atoms with van der Waals surface area (Å²) < 4.78 is 5.48. The molecule has 10 nitrogen and oxygen atoms in total. The molecule has 1 spiro atoms. The van der Waals surface area contributed by atoms with Crippen LogP contribution in [0, 0.1) is 5.41 Å². The zero-order valence-electron chi connectivity index (χ0n) is 25.6. The van der Waals surface area contributed by atoms with E-state index in [0.717, 1.165) is 24.0 Å². The second-order valence-electron chi connectivity index (χ2n) is 13.4. The molecular weight excluding hydrogens is 534 g/mol. The molecule has 0 aromatic heterocycles. The fourth-order valence-corrected chi connectivity index (χ4v) is 6.16. The predicted molar refractivity (Wildman–Crippen MR) is 160 cm³/mol. The van der Waals surface area contributed by atoms with Gasteiger partial charge in [0.1, 0.15) is 0 Å². The first-order valence-corrected chi connectivity index (χ1v) is 15.6. The van der Waals surface area contributed by atoms with Crippen LogP contribution in [0.5, 0.6) is 0 Å². The number of hydrogen-bond acceptors (Lipinski definition) is 6. The Hall–Kier alpha value is -2.98. The molecule has 0 saturated carbocycles. The van der Waals surface area contributed by atoms with Crippen molar-refractivity contribution in [1.82, 2.24) is 26.2 Å². The quantitative estimate of drug-likeness (QED) is 0.432. The number of nitrogens with zero attached hydrogens (tertiary/aromatic N) is 1. The van der Waals surface area contributed by atoms with Crippen molar-refractivity contribution in [3.63, 3.8) is 0 Å². The average molecular weight is 584 g/mol. The molecule has 4 rings (SSSR count). The van der Waals surface area contributed by atoms with Crippen LogP contribution in [-0.2, 0) is 36.9 Å². The Morgan fingerprint density at radius 1 is 1.00 bits per heavy atom. The minimum atomic E-state index is -0.715. The van der Waals surface area contributed by atoms with Crippen molar-refractivity contribution in [2.75, 3.05) is 32.8 Å². The predicted octanol–water partition coefficient (Wildman–Crippen LogP) is 2.20. The lowest BCUT2D eigenvalue weighted by atomic mass is 9.82. The number of benzene rings is 1. The van der Waals surface area contributed by atoms with E-state index < -0.39 is 5.54 Å². The molecule has 1 aromatic carbocycles. The number of ether oxygens (including phenoxy) is 1. The lowest BCUT2D eigenvalue weighted by Gasteiger charge is -2.42. The molecule has 3 heterocycles.